The molecule has 138 valence electrons. The summed E-state index contributed by atoms with van der Waals surface area (Å²) in [6.45, 7) is 1.83. The molecular weight excluding hydrogens is 330 g/mol. The summed E-state index contributed by atoms with van der Waals surface area (Å²) in [6, 6.07) is 20.4. The molecule has 1 N–H and O–H groups in total. The average molecular weight is 355 g/mol. The number of hydrogen-bond donors (Lipinski definition) is 1. The van der Waals surface area contributed by atoms with Crippen molar-refractivity contribution < 1.29 is 18.9 Å². The molecule has 2 aliphatic heterocycles. The topological polar surface area (TPSA) is 49.0 Å². The van der Waals surface area contributed by atoms with Crippen molar-refractivity contribution in [2.75, 3.05) is 13.7 Å². The highest BCUT2D eigenvalue weighted by atomic mass is 16.7. The zero-order valence-electron chi connectivity index (χ0n) is 14.9. The van der Waals surface area contributed by atoms with Crippen molar-refractivity contribution in [1.29, 1.82) is 0 Å². The van der Waals surface area contributed by atoms with Crippen molar-refractivity contribution in [3.05, 3.63) is 71.8 Å². The van der Waals surface area contributed by atoms with E-state index in [-0.39, 0.29) is 30.6 Å². The van der Waals surface area contributed by atoms with Gasteiger partial charge in [-0.15, -0.1) is 0 Å². The molecule has 0 amide bonds. The summed E-state index contributed by atoms with van der Waals surface area (Å²) in [5, 5.41) is 3.48. The number of methoxy groups -OCH3 is 1. The molecule has 2 aromatic carbocycles. The summed E-state index contributed by atoms with van der Waals surface area (Å²) in [5.74, 6) is 0. The second kappa shape index (κ2) is 8.29. The third kappa shape index (κ3) is 3.82. The standard InChI is InChI=1S/C21H25NO4/c1-23-21-18-20(25-14-16-10-6-3-7-11-16)19(26-21)17(12-22-18)24-13-15-8-4-2-5-9-15/h2-11,17-22H,12-14H2,1H3/t17-,18+,19-,20-,21+/m1/s1. The minimum absolute atomic E-state index is 0.0188. The van der Waals surface area contributed by atoms with Gasteiger partial charge in [0.05, 0.1) is 25.4 Å². The van der Waals surface area contributed by atoms with Crippen molar-refractivity contribution >= 4 is 0 Å². The summed E-state index contributed by atoms with van der Waals surface area (Å²) in [6.07, 6.45) is -0.633. The second-order valence-corrected chi connectivity index (χ2v) is 6.74. The Bertz CT molecular complexity index is 681. The molecule has 2 bridgehead atoms. The fourth-order valence-electron chi connectivity index (χ4n) is 3.65. The number of benzene rings is 2. The highest BCUT2D eigenvalue weighted by Crippen LogP contribution is 2.32. The van der Waals surface area contributed by atoms with Crippen LogP contribution < -0.4 is 5.32 Å². The van der Waals surface area contributed by atoms with Crippen LogP contribution in [0.25, 0.3) is 0 Å². The van der Waals surface area contributed by atoms with Crippen molar-refractivity contribution in [3.63, 3.8) is 0 Å². The maximum absolute atomic E-state index is 6.22. The van der Waals surface area contributed by atoms with Crippen LogP contribution in [0, 0.1) is 0 Å². The van der Waals surface area contributed by atoms with Crippen molar-refractivity contribution in [1.82, 2.24) is 5.32 Å². The van der Waals surface area contributed by atoms with Crippen LogP contribution in [0.3, 0.4) is 0 Å². The lowest BCUT2D eigenvalue weighted by Gasteiger charge is -2.35. The lowest BCUT2D eigenvalue weighted by Crippen LogP contribution is -2.57. The van der Waals surface area contributed by atoms with Crippen molar-refractivity contribution in [3.8, 4) is 0 Å². The third-order valence-electron chi connectivity index (χ3n) is 5.01. The molecule has 5 heteroatoms. The Kier molecular flexibility index (Phi) is 5.62. The van der Waals surface area contributed by atoms with Gasteiger partial charge in [-0.25, -0.2) is 0 Å². The number of hydrogen-bond acceptors (Lipinski definition) is 5. The second-order valence-electron chi connectivity index (χ2n) is 6.74. The van der Waals surface area contributed by atoms with Gasteiger partial charge in [0.25, 0.3) is 0 Å². The lowest BCUT2D eigenvalue weighted by atomic mass is 9.98. The Morgan fingerprint density at radius 2 is 1.54 bits per heavy atom. The lowest BCUT2D eigenvalue weighted by molar-refractivity contribution is -0.155. The van der Waals surface area contributed by atoms with Crippen LogP contribution in [-0.2, 0) is 32.2 Å². The van der Waals surface area contributed by atoms with Crippen LogP contribution in [0.5, 0.6) is 0 Å². The quantitative estimate of drug-likeness (QED) is 0.827. The van der Waals surface area contributed by atoms with E-state index in [1.54, 1.807) is 7.11 Å². The molecule has 5 atom stereocenters. The first-order chi connectivity index (χ1) is 12.8. The van der Waals surface area contributed by atoms with E-state index >= 15 is 0 Å². The van der Waals surface area contributed by atoms with Crippen LogP contribution in [0.15, 0.2) is 60.7 Å². The van der Waals surface area contributed by atoms with Gasteiger partial charge in [0.1, 0.15) is 12.2 Å². The van der Waals surface area contributed by atoms with Gasteiger partial charge >= 0.3 is 0 Å². The molecular formula is C21H25NO4. The summed E-state index contributed by atoms with van der Waals surface area (Å²) in [4.78, 5) is 0. The van der Waals surface area contributed by atoms with E-state index in [1.807, 2.05) is 36.4 Å². The van der Waals surface area contributed by atoms with Crippen molar-refractivity contribution in [2.45, 2.75) is 43.9 Å². The fourth-order valence-corrected chi connectivity index (χ4v) is 3.65. The Hall–Kier alpha value is -1.76. The maximum Gasteiger partial charge on any atom is 0.175 e. The predicted molar refractivity (Wildman–Crippen MR) is 97.5 cm³/mol. The van der Waals surface area contributed by atoms with Crippen LogP contribution in [0.4, 0.5) is 0 Å². The van der Waals surface area contributed by atoms with Gasteiger partial charge in [-0.05, 0) is 11.1 Å². The first-order valence-electron chi connectivity index (χ1n) is 9.08. The van der Waals surface area contributed by atoms with E-state index in [0.29, 0.717) is 13.2 Å². The molecule has 2 fully saturated rings. The van der Waals surface area contributed by atoms with Crippen LogP contribution in [0.1, 0.15) is 11.1 Å². The molecule has 2 aromatic rings. The molecule has 4 rings (SSSR count). The van der Waals surface area contributed by atoms with Crippen LogP contribution >= 0.6 is 0 Å². The van der Waals surface area contributed by atoms with E-state index < -0.39 is 0 Å². The highest BCUT2D eigenvalue weighted by molar-refractivity contribution is 5.15. The molecule has 0 spiro atoms. The van der Waals surface area contributed by atoms with Gasteiger partial charge in [-0.2, -0.15) is 0 Å². The summed E-state index contributed by atoms with van der Waals surface area (Å²) in [7, 11) is 1.67. The molecule has 2 aliphatic rings. The van der Waals surface area contributed by atoms with Crippen molar-refractivity contribution in [2.24, 2.45) is 0 Å². The van der Waals surface area contributed by atoms with Gasteiger partial charge in [0.2, 0.25) is 0 Å². The molecule has 0 saturated carbocycles. The average Bonchev–Trinajstić information content (AvgIpc) is 2.95. The zero-order chi connectivity index (χ0) is 17.8. The molecule has 0 unspecified atom stereocenters. The van der Waals surface area contributed by atoms with E-state index in [4.69, 9.17) is 18.9 Å². The normalized spacial score (nSPS) is 30.4. The largest absolute Gasteiger partial charge is 0.369 e. The monoisotopic (exact) mass is 355 g/mol. The van der Waals surface area contributed by atoms with E-state index in [9.17, 15) is 0 Å². The number of rotatable bonds is 7. The smallest absolute Gasteiger partial charge is 0.175 e. The molecule has 26 heavy (non-hydrogen) atoms. The van der Waals surface area contributed by atoms with Gasteiger partial charge in [-0.1, -0.05) is 60.7 Å². The minimum atomic E-state index is -0.314. The highest BCUT2D eigenvalue weighted by Gasteiger charge is 2.52. The summed E-state index contributed by atoms with van der Waals surface area (Å²) < 4.78 is 24.0. The number of fused-ring (bicyclic) bond motifs is 2. The number of piperidine rings is 1. The van der Waals surface area contributed by atoms with Gasteiger partial charge < -0.3 is 24.3 Å². The minimum Gasteiger partial charge on any atom is -0.369 e. The molecule has 0 aromatic heterocycles. The molecule has 0 aliphatic carbocycles. The Morgan fingerprint density at radius 3 is 2.15 bits per heavy atom. The number of ether oxygens (including phenoxy) is 4. The Labute approximate surface area is 154 Å². The molecule has 2 saturated heterocycles. The molecule has 5 nitrogen and oxygen atoms in total. The van der Waals surface area contributed by atoms with Gasteiger partial charge in [-0.3, -0.25) is 0 Å². The van der Waals surface area contributed by atoms with Gasteiger partial charge in [0.15, 0.2) is 6.29 Å². The first kappa shape index (κ1) is 17.6. The van der Waals surface area contributed by atoms with E-state index in [2.05, 4.69) is 29.6 Å². The maximum atomic E-state index is 6.22. The Morgan fingerprint density at radius 1 is 0.923 bits per heavy atom. The van der Waals surface area contributed by atoms with Gasteiger partial charge in [0, 0.05) is 13.7 Å². The Balaban J connectivity index is 1.41. The SMILES string of the molecule is CO[C@H]1O[C@H]2[C@H](OCc3ccccc3)[C@@H]1NC[C@H]2OCc1ccccc1. The number of nitrogens with one attached hydrogen (secondary N) is 1. The third-order valence-corrected chi connectivity index (χ3v) is 5.01. The zero-order valence-corrected chi connectivity index (χ0v) is 14.9. The first-order valence-corrected chi connectivity index (χ1v) is 9.08. The summed E-state index contributed by atoms with van der Waals surface area (Å²) in [5.41, 5.74) is 2.30. The fraction of sp³-hybridized carbons (Fsp3) is 0.429. The summed E-state index contributed by atoms with van der Waals surface area (Å²) >= 11 is 0. The molecule has 2 heterocycles. The molecule has 0 radical (unpaired) electrons. The van der Waals surface area contributed by atoms with Crippen LogP contribution in [0.2, 0.25) is 0 Å². The van der Waals surface area contributed by atoms with E-state index in [0.717, 1.165) is 17.7 Å². The predicted octanol–water partition coefficient (Wildman–Crippen LogP) is 2.50. The van der Waals surface area contributed by atoms with Crippen LogP contribution in [-0.4, -0.2) is 44.3 Å². The van der Waals surface area contributed by atoms with E-state index in [1.165, 1.54) is 0 Å².